The lowest BCUT2D eigenvalue weighted by Crippen LogP contribution is -2.27. The number of para-hydroxylation sites is 1. The van der Waals surface area contributed by atoms with Crippen LogP contribution in [-0.2, 0) is 0 Å². The average Bonchev–Trinajstić information content (AvgIpc) is 2.30. The summed E-state index contributed by atoms with van der Waals surface area (Å²) in [5, 5.41) is 3.36. The average molecular weight is 206 g/mol. The molecule has 3 N–H and O–H groups in total. The molecule has 1 fully saturated rings. The molecular weight excluding hydrogens is 188 g/mol. The first kappa shape index (κ1) is 10.3. The van der Waals surface area contributed by atoms with E-state index in [1.54, 1.807) is 7.11 Å². The van der Waals surface area contributed by atoms with Gasteiger partial charge in [0.1, 0.15) is 5.75 Å². The summed E-state index contributed by atoms with van der Waals surface area (Å²) >= 11 is 0. The van der Waals surface area contributed by atoms with Crippen LogP contribution in [0, 0.1) is 0 Å². The van der Waals surface area contributed by atoms with Crippen LogP contribution in [-0.4, -0.2) is 20.2 Å². The number of nitrogens with one attached hydrogen (secondary N) is 1. The molecule has 0 radical (unpaired) electrons. The number of ether oxygens (including phenoxy) is 1. The van der Waals surface area contributed by atoms with E-state index in [-0.39, 0.29) is 0 Å². The third kappa shape index (κ3) is 2.07. The van der Waals surface area contributed by atoms with Gasteiger partial charge in [0.05, 0.1) is 12.8 Å². The molecule has 1 aromatic carbocycles. The predicted octanol–water partition coefficient (Wildman–Crippen LogP) is 1.74. The Morgan fingerprint density at radius 3 is 2.73 bits per heavy atom. The Morgan fingerprint density at radius 1 is 1.33 bits per heavy atom. The van der Waals surface area contributed by atoms with E-state index in [1.807, 2.05) is 12.1 Å². The topological polar surface area (TPSA) is 47.3 Å². The highest BCUT2D eigenvalue weighted by Crippen LogP contribution is 2.34. The van der Waals surface area contributed by atoms with Gasteiger partial charge in [-0.2, -0.15) is 0 Å². The zero-order chi connectivity index (χ0) is 10.7. The summed E-state index contributed by atoms with van der Waals surface area (Å²) < 4.78 is 5.24. The molecule has 3 nitrogen and oxygen atoms in total. The smallest absolute Gasteiger partial charge is 0.142 e. The van der Waals surface area contributed by atoms with Crippen LogP contribution < -0.4 is 15.8 Å². The van der Waals surface area contributed by atoms with Gasteiger partial charge >= 0.3 is 0 Å². The van der Waals surface area contributed by atoms with Crippen molar-refractivity contribution in [3.8, 4) is 5.75 Å². The molecule has 0 bridgehead atoms. The van der Waals surface area contributed by atoms with Crippen molar-refractivity contribution >= 4 is 5.69 Å². The van der Waals surface area contributed by atoms with E-state index in [9.17, 15) is 0 Å². The quantitative estimate of drug-likeness (QED) is 0.725. The summed E-state index contributed by atoms with van der Waals surface area (Å²) in [6, 6.07) is 6.06. The highest BCUT2D eigenvalue weighted by molar-refractivity contribution is 5.59. The molecule has 0 saturated carbocycles. The van der Waals surface area contributed by atoms with E-state index in [1.165, 1.54) is 5.56 Å². The monoisotopic (exact) mass is 206 g/mol. The predicted molar refractivity (Wildman–Crippen MR) is 62.3 cm³/mol. The molecule has 3 heteroatoms. The Kier molecular flexibility index (Phi) is 3.11. The van der Waals surface area contributed by atoms with Crippen molar-refractivity contribution in [1.29, 1.82) is 0 Å². The Balaban J connectivity index is 2.26. The number of hydrogen-bond donors (Lipinski definition) is 2. The molecule has 0 unspecified atom stereocenters. The van der Waals surface area contributed by atoms with Crippen molar-refractivity contribution < 1.29 is 4.74 Å². The van der Waals surface area contributed by atoms with Crippen molar-refractivity contribution in [2.45, 2.75) is 18.8 Å². The molecule has 82 valence electrons. The van der Waals surface area contributed by atoms with Crippen molar-refractivity contribution in [1.82, 2.24) is 5.32 Å². The van der Waals surface area contributed by atoms with Crippen LogP contribution in [0.25, 0.3) is 0 Å². The normalized spacial score (nSPS) is 17.7. The molecule has 0 aliphatic carbocycles. The van der Waals surface area contributed by atoms with Gasteiger partial charge in [0.2, 0.25) is 0 Å². The summed E-state index contributed by atoms with van der Waals surface area (Å²) in [4.78, 5) is 0. The van der Waals surface area contributed by atoms with Gasteiger partial charge in [0.15, 0.2) is 0 Å². The molecule has 0 atom stereocenters. The zero-order valence-electron chi connectivity index (χ0n) is 9.12. The molecule has 0 aromatic heterocycles. The number of nitrogen functional groups attached to an aromatic ring is 1. The van der Waals surface area contributed by atoms with E-state index in [4.69, 9.17) is 10.5 Å². The minimum Gasteiger partial charge on any atom is -0.495 e. The van der Waals surface area contributed by atoms with Crippen LogP contribution in [0.4, 0.5) is 5.69 Å². The molecular formula is C12H18N2O. The van der Waals surface area contributed by atoms with Gasteiger partial charge in [-0.3, -0.25) is 0 Å². The Morgan fingerprint density at radius 2 is 2.07 bits per heavy atom. The van der Waals surface area contributed by atoms with Crippen LogP contribution in [0.1, 0.15) is 24.3 Å². The fourth-order valence-corrected chi connectivity index (χ4v) is 2.23. The Labute approximate surface area is 90.6 Å². The molecule has 2 rings (SSSR count). The molecule has 0 amide bonds. The van der Waals surface area contributed by atoms with E-state index in [0.717, 1.165) is 37.4 Å². The van der Waals surface area contributed by atoms with Crippen molar-refractivity contribution in [2.75, 3.05) is 25.9 Å². The van der Waals surface area contributed by atoms with Crippen molar-refractivity contribution in [3.63, 3.8) is 0 Å². The lowest BCUT2D eigenvalue weighted by atomic mass is 9.89. The second-order valence-corrected chi connectivity index (χ2v) is 3.99. The molecule has 1 aromatic rings. The molecule has 1 saturated heterocycles. The van der Waals surface area contributed by atoms with Gasteiger partial charge in [0, 0.05) is 0 Å². The summed E-state index contributed by atoms with van der Waals surface area (Å²) in [6.45, 7) is 2.17. The van der Waals surface area contributed by atoms with Crippen LogP contribution in [0.15, 0.2) is 18.2 Å². The van der Waals surface area contributed by atoms with Crippen LogP contribution in [0.5, 0.6) is 5.75 Å². The van der Waals surface area contributed by atoms with E-state index < -0.39 is 0 Å². The molecule has 0 spiro atoms. The number of rotatable bonds is 2. The number of hydrogen-bond acceptors (Lipinski definition) is 3. The second-order valence-electron chi connectivity index (χ2n) is 3.99. The first-order chi connectivity index (χ1) is 7.33. The second kappa shape index (κ2) is 4.53. The third-order valence-electron chi connectivity index (χ3n) is 3.10. The summed E-state index contributed by atoms with van der Waals surface area (Å²) in [6.07, 6.45) is 2.33. The van der Waals surface area contributed by atoms with E-state index >= 15 is 0 Å². The largest absolute Gasteiger partial charge is 0.495 e. The Bertz CT molecular complexity index is 332. The van der Waals surface area contributed by atoms with E-state index in [2.05, 4.69) is 11.4 Å². The van der Waals surface area contributed by atoms with E-state index in [0.29, 0.717) is 5.92 Å². The summed E-state index contributed by atoms with van der Waals surface area (Å²) in [7, 11) is 1.66. The number of nitrogens with two attached hydrogens (primary N) is 1. The standard InChI is InChI=1S/C12H18N2O/c1-15-11-4-2-3-10(12(11)13)9-5-7-14-8-6-9/h2-4,9,14H,5-8,13H2,1H3. The first-order valence-corrected chi connectivity index (χ1v) is 5.46. The molecule has 1 aliphatic heterocycles. The molecule has 15 heavy (non-hydrogen) atoms. The van der Waals surface area contributed by atoms with Crippen molar-refractivity contribution in [2.24, 2.45) is 0 Å². The fourth-order valence-electron chi connectivity index (χ4n) is 2.23. The zero-order valence-corrected chi connectivity index (χ0v) is 9.12. The highest BCUT2D eigenvalue weighted by Gasteiger charge is 2.18. The summed E-state index contributed by atoms with van der Waals surface area (Å²) in [5.74, 6) is 1.38. The third-order valence-corrected chi connectivity index (χ3v) is 3.10. The summed E-state index contributed by atoms with van der Waals surface area (Å²) in [5.41, 5.74) is 8.14. The van der Waals surface area contributed by atoms with Gasteiger partial charge < -0.3 is 15.8 Å². The molecule has 1 aliphatic rings. The van der Waals surface area contributed by atoms with Gasteiger partial charge in [-0.1, -0.05) is 12.1 Å². The lowest BCUT2D eigenvalue weighted by Gasteiger charge is -2.24. The van der Waals surface area contributed by atoms with Crippen LogP contribution in [0.2, 0.25) is 0 Å². The van der Waals surface area contributed by atoms with Crippen LogP contribution in [0.3, 0.4) is 0 Å². The van der Waals surface area contributed by atoms with Gasteiger partial charge in [-0.15, -0.1) is 0 Å². The number of benzene rings is 1. The SMILES string of the molecule is COc1cccc(C2CCNCC2)c1N. The van der Waals surface area contributed by atoms with Gasteiger partial charge in [-0.25, -0.2) is 0 Å². The fraction of sp³-hybridized carbons (Fsp3) is 0.500. The maximum atomic E-state index is 6.08. The number of piperidine rings is 1. The Hall–Kier alpha value is -1.22. The highest BCUT2D eigenvalue weighted by atomic mass is 16.5. The van der Waals surface area contributed by atoms with Gasteiger partial charge in [-0.05, 0) is 43.5 Å². The minimum atomic E-state index is 0.585. The number of anilines is 1. The van der Waals surface area contributed by atoms with Gasteiger partial charge in [0.25, 0.3) is 0 Å². The maximum absolute atomic E-state index is 6.08. The maximum Gasteiger partial charge on any atom is 0.142 e. The molecule has 1 heterocycles. The lowest BCUT2D eigenvalue weighted by molar-refractivity contribution is 0.414. The minimum absolute atomic E-state index is 0.585. The van der Waals surface area contributed by atoms with Crippen molar-refractivity contribution in [3.05, 3.63) is 23.8 Å². The number of methoxy groups -OCH3 is 1. The first-order valence-electron chi connectivity index (χ1n) is 5.46. The van der Waals surface area contributed by atoms with Crippen LogP contribution >= 0.6 is 0 Å².